The number of nitrogens with zero attached hydrogens (tertiary/aromatic N) is 1. The molecule has 6 nitrogen and oxygen atoms in total. The van der Waals surface area contributed by atoms with Crippen LogP contribution in [-0.2, 0) is 0 Å². The molecule has 2 N–H and O–H groups in total. The van der Waals surface area contributed by atoms with Gasteiger partial charge in [0.25, 0.3) is 11.6 Å². The van der Waals surface area contributed by atoms with Crippen LogP contribution in [0.3, 0.4) is 0 Å². The topological polar surface area (TPSA) is 84.3 Å². The number of benzene rings is 2. The Morgan fingerprint density at radius 3 is 2.58 bits per heavy atom. The fourth-order valence-electron chi connectivity index (χ4n) is 1.85. The minimum Gasteiger partial charge on any atom is -0.332 e. The zero-order valence-electron chi connectivity index (χ0n) is 12.3. The van der Waals surface area contributed by atoms with E-state index in [9.17, 15) is 14.9 Å². The van der Waals surface area contributed by atoms with E-state index in [1.165, 1.54) is 12.1 Å². The van der Waals surface area contributed by atoms with Crippen LogP contribution in [0.15, 0.2) is 36.4 Å². The van der Waals surface area contributed by atoms with Crippen molar-refractivity contribution in [2.45, 2.75) is 6.92 Å². The predicted molar refractivity (Wildman–Crippen MR) is 98.0 cm³/mol. The molecule has 24 heavy (non-hydrogen) atoms. The van der Waals surface area contributed by atoms with E-state index in [2.05, 4.69) is 10.6 Å². The van der Waals surface area contributed by atoms with Gasteiger partial charge in [-0.2, -0.15) is 0 Å². The number of nitro benzene ring substituents is 1. The zero-order chi connectivity index (χ0) is 17.9. The van der Waals surface area contributed by atoms with Crippen LogP contribution in [0.25, 0.3) is 0 Å². The minimum absolute atomic E-state index is 0.0444. The number of hydrogen-bond donors (Lipinski definition) is 2. The third-order valence-corrected chi connectivity index (χ3v) is 3.84. The molecule has 0 aliphatic heterocycles. The van der Waals surface area contributed by atoms with Gasteiger partial charge in [0.05, 0.1) is 4.92 Å². The summed E-state index contributed by atoms with van der Waals surface area (Å²) in [7, 11) is 0. The van der Waals surface area contributed by atoms with Gasteiger partial charge in [0.2, 0.25) is 0 Å². The summed E-state index contributed by atoms with van der Waals surface area (Å²) in [6, 6.07) is 8.95. The lowest BCUT2D eigenvalue weighted by molar-refractivity contribution is -0.384. The van der Waals surface area contributed by atoms with Crippen molar-refractivity contribution >= 4 is 57.8 Å². The lowest BCUT2D eigenvalue weighted by atomic mass is 10.2. The fraction of sp³-hybridized carbons (Fsp3) is 0.0667. The first-order valence-corrected chi connectivity index (χ1v) is 7.77. The van der Waals surface area contributed by atoms with Crippen molar-refractivity contribution in [3.63, 3.8) is 0 Å². The highest BCUT2D eigenvalue weighted by Gasteiger charge is 2.17. The van der Waals surface area contributed by atoms with Crippen molar-refractivity contribution in [2.75, 3.05) is 5.32 Å². The van der Waals surface area contributed by atoms with Gasteiger partial charge < -0.3 is 5.32 Å². The van der Waals surface area contributed by atoms with Crippen LogP contribution in [0.5, 0.6) is 0 Å². The molecule has 2 aromatic rings. The predicted octanol–water partition coefficient (Wildman–Crippen LogP) is 4.34. The first-order valence-electron chi connectivity index (χ1n) is 6.60. The van der Waals surface area contributed by atoms with E-state index in [4.69, 9.17) is 35.4 Å². The SMILES string of the molecule is Cc1ccc(Cl)cc1NC(=S)NC(=O)c1ccc(Cl)c([N+](=O)[O-])c1. The van der Waals surface area contributed by atoms with E-state index in [1.54, 1.807) is 18.2 Å². The number of rotatable bonds is 3. The Kier molecular flexibility index (Phi) is 5.71. The first-order chi connectivity index (χ1) is 11.3. The maximum absolute atomic E-state index is 12.2. The van der Waals surface area contributed by atoms with Crippen molar-refractivity contribution in [1.82, 2.24) is 5.32 Å². The maximum Gasteiger partial charge on any atom is 0.288 e. The van der Waals surface area contributed by atoms with Gasteiger partial charge in [-0.25, -0.2) is 0 Å². The summed E-state index contributed by atoms with van der Waals surface area (Å²) in [6.07, 6.45) is 0. The average Bonchev–Trinajstić information content (AvgIpc) is 2.50. The normalized spacial score (nSPS) is 10.1. The molecule has 0 heterocycles. The molecule has 1 amide bonds. The Balaban J connectivity index is 2.12. The van der Waals surface area contributed by atoms with Gasteiger partial charge in [-0.1, -0.05) is 29.3 Å². The minimum atomic E-state index is -0.662. The van der Waals surface area contributed by atoms with Crippen LogP contribution in [0.4, 0.5) is 11.4 Å². The van der Waals surface area contributed by atoms with Gasteiger partial charge in [-0.3, -0.25) is 20.2 Å². The van der Waals surface area contributed by atoms with Crippen molar-refractivity contribution in [1.29, 1.82) is 0 Å². The number of carbonyl (C=O) groups excluding carboxylic acids is 1. The molecule has 0 fully saturated rings. The maximum atomic E-state index is 12.2. The highest BCUT2D eigenvalue weighted by Crippen LogP contribution is 2.25. The second-order valence-corrected chi connectivity index (χ2v) is 6.04. The molecule has 2 aromatic carbocycles. The van der Waals surface area contributed by atoms with Crippen molar-refractivity contribution < 1.29 is 9.72 Å². The summed E-state index contributed by atoms with van der Waals surface area (Å²) in [5, 5.41) is 16.7. The second kappa shape index (κ2) is 7.57. The van der Waals surface area contributed by atoms with E-state index in [1.807, 2.05) is 6.92 Å². The lowest BCUT2D eigenvalue weighted by Gasteiger charge is -2.12. The molecule has 0 bridgehead atoms. The lowest BCUT2D eigenvalue weighted by Crippen LogP contribution is -2.34. The van der Waals surface area contributed by atoms with Gasteiger partial charge in [0.1, 0.15) is 5.02 Å². The second-order valence-electron chi connectivity index (χ2n) is 4.79. The molecule has 9 heteroatoms. The third kappa shape index (κ3) is 4.41. The van der Waals surface area contributed by atoms with Crippen LogP contribution < -0.4 is 10.6 Å². The summed E-state index contributed by atoms with van der Waals surface area (Å²) in [4.78, 5) is 22.4. The molecule has 0 saturated heterocycles. The number of nitrogens with one attached hydrogen (secondary N) is 2. The van der Waals surface area contributed by atoms with Crippen molar-refractivity contribution in [2.24, 2.45) is 0 Å². The average molecular weight is 384 g/mol. The molecule has 0 unspecified atom stereocenters. The summed E-state index contributed by atoms with van der Waals surface area (Å²) >= 11 is 16.7. The van der Waals surface area contributed by atoms with Gasteiger partial charge >= 0.3 is 0 Å². The molecule has 0 spiro atoms. The number of halogens is 2. The molecule has 124 valence electrons. The molecular weight excluding hydrogens is 373 g/mol. The largest absolute Gasteiger partial charge is 0.332 e. The zero-order valence-corrected chi connectivity index (χ0v) is 14.6. The number of nitro groups is 1. The Labute approximate surface area is 152 Å². The molecule has 0 aliphatic rings. The Bertz CT molecular complexity index is 843. The van der Waals surface area contributed by atoms with Crippen molar-refractivity contribution in [3.05, 3.63) is 67.7 Å². The molecule has 0 aliphatic carbocycles. The van der Waals surface area contributed by atoms with Crippen molar-refractivity contribution in [3.8, 4) is 0 Å². The Hall–Kier alpha value is -2.22. The van der Waals surface area contributed by atoms with E-state index in [0.29, 0.717) is 10.7 Å². The van der Waals surface area contributed by atoms with Crippen LogP contribution in [0, 0.1) is 17.0 Å². The summed E-state index contributed by atoms with van der Waals surface area (Å²) in [5.74, 6) is -0.591. The van der Waals surface area contributed by atoms with Gasteiger partial charge in [0.15, 0.2) is 5.11 Å². The number of anilines is 1. The molecule has 0 saturated carbocycles. The van der Waals surface area contributed by atoms with Gasteiger partial charge in [0, 0.05) is 22.3 Å². The van der Waals surface area contributed by atoms with Crippen LogP contribution in [-0.4, -0.2) is 15.9 Å². The number of thiocarbonyl (C=S) groups is 1. The van der Waals surface area contributed by atoms with Crippen LogP contribution in [0.2, 0.25) is 10.0 Å². The summed E-state index contributed by atoms with van der Waals surface area (Å²) in [6.45, 7) is 1.85. The number of amides is 1. The molecule has 0 aromatic heterocycles. The van der Waals surface area contributed by atoms with Gasteiger partial charge in [-0.15, -0.1) is 0 Å². The van der Waals surface area contributed by atoms with Gasteiger partial charge in [-0.05, 0) is 49.0 Å². The van der Waals surface area contributed by atoms with E-state index < -0.39 is 10.8 Å². The molecular formula is C15H11Cl2N3O3S. The van der Waals surface area contributed by atoms with E-state index in [-0.39, 0.29) is 21.4 Å². The summed E-state index contributed by atoms with van der Waals surface area (Å²) in [5.41, 5.74) is 1.25. The summed E-state index contributed by atoms with van der Waals surface area (Å²) < 4.78 is 0. The first kappa shape index (κ1) is 18.1. The van der Waals surface area contributed by atoms with Crippen LogP contribution in [0.1, 0.15) is 15.9 Å². The van der Waals surface area contributed by atoms with E-state index >= 15 is 0 Å². The number of carbonyl (C=O) groups is 1. The standard InChI is InChI=1S/C15H11Cl2N3O3S/c1-8-2-4-10(16)7-12(8)18-15(24)19-14(21)9-3-5-11(17)13(6-9)20(22)23/h2-7H,1H3,(H2,18,19,21,24). The van der Waals surface area contributed by atoms with E-state index in [0.717, 1.165) is 11.6 Å². The highest BCUT2D eigenvalue weighted by atomic mass is 35.5. The molecule has 0 atom stereocenters. The Morgan fingerprint density at radius 1 is 1.21 bits per heavy atom. The quantitative estimate of drug-likeness (QED) is 0.467. The monoisotopic (exact) mass is 383 g/mol. The smallest absolute Gasteiger partial charge is 0.288 e. The number of hydrogen-bond acceptors (Lipinski definition) is 4. The number of aryl methyl sites for hydroxylation is 1. The highest BCUT2D eigenvalue weighted by molar-refractivity contribution is 7.80. The molecule has 2 rings (SSSR count). The fourth-order valence-corrected chi connectivity index (χ4v) is 2.41. The molecule has 0 radical (unpaired) electrons. The third-order valence-electron chi connectivity index (χ3n) is 3.08. The Morgan fingerprint density at radius 2 is 1.92 bits per heavy atom. The van der Waals surface area contributed by atoms with Crippen LogP contribution >= 0.6 is 35.4 Å².